The molecule has 0 aliphatic rings. The molecule has 0 aliphatic carbocycles. The van der Waals surface area contributed by atoms with E-state index < -0.39 is 0 Å². The van der Waals surface area contributed by atoms with E-state index in [9.17, 15) is 0 Å². The van der Waals surface area contributed by atoms with E-state index in [1.165, 1.54) is 0 Å². The summed E-state index contributed by atoms with van der Waals surface area (Å²) in [7, 11) is 1.96. The van der Waals surface area contributed by atoms with Gasteiger partial charge in [-0.25, -0.2) is 0 Å². The average Bonchev–Trinajstić information content (AvgIpc) is 2.87. The summed E-state index contributed by atoms with van der Waals surface area (Å²) in [6.45, 7) is 4.19. The molecule has 2 aromatic heterocycles. The van der Waals surface area contributed by atoms with Crippen LogP contribution in [0.1, 0.15) is 31.2 Å². The highest BCUT2D eigenvalue weighted by molar-refractivity contribution is 5.48. The molecule has 2 aromatic rings. The Hall–Kier alpha value is -1.75. The zero-order chi connectivity index (χ0) is 13.7. The first kappa shape index (κ1) is 13.7. The van der Waals surface area contributed by atoms with E-state index >= 15 is 0 Å². The first-order valence-electron chi connectivity index (χ1n) is 6.65. The summed E-state index contributed by atoms with van der Waals surface area (Å²) in [5.41, 5.74) is 1.89. The summed E-state index contributed by atoms with van der Waals surface area (Å²) in [5.74, 6) is 1.22. The van der Waals surface area contributed by atoms with Crippen molar-refractivity contribution in [1.29, 1.82) is 0 Å². The van der Waals surface area contributed by atoms with Gasteiger partial charge >= 0.3 is 0 Å². The Morgan fingerprint density at radius 2 is 2.26 bits per heavy atom. The number of hydrogen-bond acceptors (Lipinski definition) is 5. The molecule has 2 heterocycles. The molecule has 0 fully saturated rings. The van der Waals surface area contributed by atoms with Crippen LogP contribution in [0, 0.1) is 6.92 Å². The van der Waals surface area contributed by atoms with Crippen molar-refractivity contribution in [2.75, 3.05) is 7.05 Å². The number of nitrogens with one attached hydrogen (secondary N) is 1. The van der Waals surface area contributed by atoms with Crippen LogP contribution in [-0.4, -0.2) is 28.2 Å². The van der Waals surface area contributed by atoms with Crippen molar-refractivity contribution in [2.24, 2.45) is 0 Å². The minimum absolute atomic E-state index is 0.378. The van der Waals surface area contributed by atoms with Crippen molar-refractivity contribution in [3.8, 4) is 11.5 Å². The minimum Gasteiger partial charge on any atom is -0.339 e. The topological polar surface area (TPSA) is 63.8 Å². The zero-order valence-electron chi connectivity index (χ0n) is 11.7. The molecule has 0 spiro atoms. The number of aromatic nitrogens is 3. The summed E-state index contributed by atoms with van der Waals surface area (Å²) >= 11 is 0. The molecule has 0 radical (unpaired) electrons. The highest BCUT2D eigenvalue weighted by Crippen LogP contribution is 2.15. The van der Waals surface area contributed by atoms with Gasteiger partial charge in [-0.3, -0.25) is 4.98 Å². The van der Waals surface area contributed by atoms with E-state index in [0.717, 1.165) is 30.5 Å². The number of likely N-dealkylation sites (N-methyl/N-ethyl adjacent to an activating group) is 1. The van der Waals surface area contributed by atoms with Crippen molar-refractivity contribution >= 4 is 0 Å². The second-order valence-electron chi connectivity index (χ2n) is 4.71. The van der Waals surface area contributed by atoms with Gasteiger partial charge in [-0.05, 0) is 38.1 Å². The van der Waals surface area contributed by atoms with Crippen molar-refractivity contribution in [2.45, 2.75) is 39.2 Å². The summed E-state index contributed by atoms with van der Waals surface area (Å²) in [5, 5.41) is 7.26. The van der Waals surface area contributed by atoms with E-state index in [2.05, 4.69) is 27.4 Å². The van der Waals surface area contributed by atoms with Gasteiger partial charge in [-0.2, -0.15) is 4.98 Å². The van der Waals surface area contributed by atoms with E-state index in [0.29, 0.717) is 17.8 Å². The molecule has 0 bridgehead atoms. The molecular formula is C14H20N4O. The van der Waals surface area contributed by atoms with E-state index in [-0.39, 0.29) is 0 Å². The maximum atomic E-state index is 5.30. The fourth-order valence-corrected chi connectivity index (χ4v) is 2.01. The predicted molar refractivity (Wildman–Crippen MR) is 73.7 cm³/mol. The third-order valence-corrected chi connectivity index (χ3v) is 3.08. The van der Waals surface area contributed by atoms with Crippen LogP contribution in [0.2, 0.25) is 0 Å². The maximum Gasteiger partial charge on any atom is 0.228 e. The first-order chi connectivity index (χ1) is 9.22. The van der Waals surface area contributed by atoms with Gasteiger partial charge in [0.2, 0.25) is 11.7 Å². The van der Waals surface area contributed by atoms with Crippen molar-refractivity contribution in [3.63, 3.8) is 0 Å². The smallest absolute Gasteiger partial charge is 0.228 e. The molecule has 5 nitrogen and oxygen atoms in total. The third kappa shape index (κ3) is 3.61. The minimum atomic E-state index is 0.378. The second kappa shape index (κ2) is 6.43. The van der Waals surface area contributed by atoms with Gasteiger partial charge < -0.3 is 9.84 Å². The fraction of sp³-hybridized carbons (Fsp3) is 0.500. The molecule has 1 unspecified atom stereocenters. The van der Waals surface area contributed by atoms with E-state index in [4.69, 9.17) is 4.52 Å². The van der Waals surface area contributed by atoms with Crippen molar-refractivity contribution < 1.29 is 4.52 Å². The van der Waals surface area contributed by atoms with Gasteiger partial charge in [0.05, 0.1) is 0 Å². The van der Waals surface area contributed by atoms with Crippen LogP contribution >= 0.6 is 0 Å². The van der Waals surface area contributed by atoms with Gasteiger partial charge in [0, 0.05) is 18.7 Å². The van der Waals surface area contributed by atoms with Crippen LogP contribution in [0.5, 0.6) is 0 Å². The quantitative estimate of drug-likeness (QED) is 0.863. The summed E-state index contributed by atoms with van der Waals surface area (Å²) in [6.07, 6.45) is 4.74. The highest BCUT2D eigenvalue weighted by Gasteiger charge is 2.14. The third-order valence-electron chi connectivity index (χ3n) is 3.08. The fourth-order valence-electron chi connectivity index (χ4n) is 2.01. The molecule has 0 saturated carbocycles. The van der Waals surface area contributed by atoms with Crippen molar-refractivity contribution in [3.05, 3.63) is 29.8 Å². The maximum absolute atomic E-state index is 5.30. The van der Waals surface area contributed by atoms with Gasteiger partial charge in [-0.15, -0.1) is 0 Å². The van der Waals surface area contributed by atoms with Gasteiger partial charge in [-0.1, -0.05) is 18.5 Å². The van der Waals surface area contributed by atoms with Crippen LogP contribution in [0.4, 0.5) is 0 Å². The van der Waals surface area contributed by atoms with Crippen LogP contribution in [0.25, 0.3) is 11.5 Å². The molecule has 19 heavy (non-hydrogen) atoms. The lowest BCUT2D eigenvalue weighted by atomic mass is 10.1. The van der Waals surface area contributed by atoms with Crippen LogP contribution in [0.3, 0.4) is 0 Å². The SMILES string of the molecule is CCCC(Cc1nc(-c2cc(C)ccn2)no1)NC. The average molecular weight is 260 g/mol. The molecule has 5 heteroatoms. The second-order valence-corrected chi connectivity index (χ2v) is 4.71. The number of nitrogens with zero attached hydrogens (tertiary/aromatic N) is 3. The Labute approximate surface area is 113 Å². The Morgan fingerprint density at radius 1 is 1.42 bits per heavy atom. The molecule has 1 atom stereocenters. The van der Waals surface area contributed by atoms with Gasteiger partial charge in [0.25, 0.3) is 0 Å². The first-order valence-corrected chi connectivity index (χ1v) is 6.65. The standard InChI is InChI=1S/C14H20N4O/c1-4-5-11(15-3)9-13-17-14(18-19-13)12-8-10(2)6-7-16-12/h6-8,11,15H,4-5,9H2,1-3H3. The molecule has 0 aliphatic heterocycles. The lowest BCUT2D eigenvalue weighted by molar-refractivity contribution is 0.356. The molecule has 102 valence electrons. The zero-order valence-corrected chi connectivity index (χ0v) is 11.7. The lowest BCUT2D eigenvalue weighted by Gasteiger charge is -2.11. The number of rotatable bonds is 6. The highest BCUT2D eigenvalue weighted by atomic mass is 16.5. The summed E-state index contributed by atoms with van der Waals surface area (Å²) in [6, 6.07) is 4.28. The normalized spacial score (nSPS) is 12.6. The Morgan fingerprint density at radius 3 is 2.95 bits per heavy atom. The molecule has 0 amide bonds. The molecule has 2 rings (SSSR count). The van der Waals surface area contributed by atoms with Gasteiger partial charge in [0.15, 0.2) is 0 Å². The van der Waals surface area contributed by atoms with Crippen molar-refractivity contribution in [1.82, 2.24) is 20.4 Å². The van der Waals surface area contributed by atoms with Crippen LogP contribution in [0.15, 0.2) is 22.9 Å². The monoisotopic (exact) mass is 260 g/mol. The van der Waals surface area contributed by atoms with Crippen LogP contribution < -0.4 is 5.32 Å². The largest absolute Gasteiger partial charge is 0.339 e. The van der Waals surface area contributed by atoms with E-state index in [1.54, 1.807) is 6.20 Å². The molecular weight excluding hydrogens is 240 g/mol. The molecule has 0 aromatic carbocycles. The van der Waals surface area contributed by atoms with Crippen LogP contribution in [-0.2, 0) is 6.42 Å². The Bertz CT molecular complexity index is 524. The number of hydrogen-bond donors (Lipinski definition) is 1. The predicted octanol–water partition coefficient (Wildman–Crippen LogP) is 2.37. The van der Waals surface area contributed by atoms with Gasteiger partial charge in [0.1, 0.15) is 5.69 Å². The van der Waals surface area contributed by atoms with E-state index in [1.807, 2.05) is 26.1 Å². The Kier molecular flexibility index (Phi) is 4.63. The lowest BCUT2D eigenvalue weighted by Crippen LogP contribution is -2.27. The molecule has 1 N–H and O–H groups in total. The summed E-state index contributed by atoms with van der Waals surface area (Å²) < 4.78 is 5.30. The summed E-state index contributed by atoms with van der Waals surface area (Å²) in [4.78, 5) is 8.67. The Balaban J connectivity index is 2.10. The number of aryl methyl sites for hydroxylation is 1. The molecule has 0 saturated heterocycles. The number of pyridine rings is 1.